The van der Waals surface area contributed by atoms with Gasteiger partial charge in [0.05, 0.1) is 16.7 Å². The van der Waals surface area contributed by atoms with E-state index < -0.39 is 9.84 Å². The van der Waals surface area contributed by atoms with E-state index in [1.807, 2.05) is 17.7 Å². The first-order valence-corrected chi connectivity index (χ1v) is 9.28. The molecule has 1 saturated heterocycles. The molecule has 112 valence electrons. The van der Waals surface area contributed by atoms with Crippen LogP contribution in [-0.2, 0) is 16.4 Å². The van der Waals surface area contributed by atoms with Crippen LogP contribution in [0.1, 0.15) is 44.2 Å². The van der Waals surface area contributed by atoms with Crippen molar-refractivity contribution in [1.29, 1.82) is 0 Å². The summed E-state index contributed by atoms with van der Waals surface area (Å²) in [4.78, 5) is 4.52. The lowest BCUT2D eigenvalue weighted by atomic mass is 10.2. The van der Waals surface area contributed by atoms with Gasteiger partial charge in [-0.05, 0) is 32.6 Å². The van der Waals surface area contributed by atoms with E-state index in [-0.39, 0.29) is 5.25 Å². The van der Waals surface area contributed by atoms with Crippen molar-refractivity contribution in [3.05, 3.63) is 11.9 Å². The molecule has 0 bridgehead atoms. The van der Waals surface area contributed by atoms with Gasteiger partial charge in [-0.15, -0.1) is 0 Å². The monoisotopic (exact) mass is 297 g/mol. The number of hydrogen-bond donors (Lipinski definition) is 1. The first kappa shape index (κ1) is 13.9. The molecule has 1 aliphatic heterocycles. The summed E-state index contributed by atoms with van der Waals surface area (Å²) in [5.41, 5.74) is 0.945. The highest BCUT2D eigenvalue weighted by Crippen LogP contribution is 2.25. The molecule has 5 nitrogen and oxygen atoms in total. The fourth-order valence-electron chi connectivity index (χ4n) is 3.34. The fraction of sp³-hybridized carbons (Fsp3) is 0.786. The molecule has 1 aromatic rings. The van der Waals surface area contributed by atoms with Crippen LogP contribution in [0.5, 0.6) is 0 Å². The van der Waals surface area contributed by atoms with Gasteiger partial charge in [-0.1, -0.05) is 12.8 Å². The van der Waals surface area contributed by atoms with E-state index in [9.17, 15) is 8.42 Å². The molecule has 1 unspecified atom stereocenters. The maximum atomic E-state index is 12.0. The molecule has 3 rings (SSSR count). The van der Waals surface area contributed by atoms with Crippen LogP contribution in [0.4, 0.5) is 5.95 Å². The molecule has 0 radical (unpaired) electrons. The number of rotatable bonds is 4. The second-order valence-electron chi connectivity index (χ2n) is 6.12. The van der Waals surface area contributed by atoms with Crippen molar-refractivity contribution in [1.82, 2.24) is 9.55 Å². The van der Waals surface area contributed by atoms with E-state index >= 15 is 0 Å². The van der Waals surface area contributed by atoms with Crippen LogP contribution in [0.25, 0.3) is 0 Å². The molecule has 1 aliphatic carbocycles. The molecule has 6 heteroatoms. The van der Waals surface area contributed by atoms with Crippen LogP contribution in [0.3, 0.4) is 0 Å². The topological polar surface area (TPSA) is 64.0 Å². The number of sulfone groups is 1. The molecule has 1 saturated carbocycles. The minimum absolute atomic E-state index is 0.236. The smallest absolute Gasteiger partial charge is 0.203 e. The zero-order chi connectivity index (χ0) is 14.2. The number of hydrogen-bond acceptors (Lipinski definition) is 4. The fourth-order valence-corrected chi connectivity index (χ4v) is 5.15. The number of aryl methyl sites for hydroxylation is 1. The van der Waals surface area contributed by atoms with Crippen molar-refractivity contribution >= 4 is 15.8 Å². The summed E-state index contributed by atoms with van der Waals surface area (Å²) in [5.74, 6) is 1.19. The predicted octanol–water partition coefficient (Wildman–Crippen LogP) is 2.12. The molecule has 0 amide bonds. The average molecular weight is 297 g/mol. The first-order chi connectivity index (χ1) is 9.54. The highest BCUT2D eigenvalue weighted by Gasteiger charge is 2.32. The highest BCUT2D eigenvalue weighted by atomic mass is 32.2. The van der Waals surface area contributed by atoms with E-state index in [0.29, 0.717) is 18.3 Å². The van der Waals surface area contributed by atoms with Gasteiger partial charge >= 0.3 is 0 Å². The zero-order valence-electron chi connectivity index (χ0n) is 12.0. The van der Waals surface area contributed by atoms with E-state index in [2.05, 4.69) is 10.3 Å². The minimum atomic E-state index is -2.90. The predicted molar refractivity (Wildman–Crippen MR) is 79.7 cm³/mol. The SMILES string of the molecule is Cc1cn(CC2CCCS2(=O)=O)c(NC2CCCC2)n1. The Morgan fingerprint density at radius 3 is 2.70 bits per heavy atom. The lowest BCUT2D eigenvalue weighted by Crippen LogP contribution is -2.24. The van der Waals surface area contributed by atoms with Crippen LogP contribution < -0.4 is 5.32 Å². The van der Waals surface area contributed by atoms with E-state index in [0.717, 1.165) is 24.5 Å². The van der Waals surface area contributed by atoms with Gasteiger partial charge in [-0.25, -0.2) is 13.4 Å². The minimum Gasteiger partial charge on any atom is -0.353 e. The Morgan fingerprint density at radius 1 is 1.30 bits per heavy atom. The van der Waals surface area contributed by atoms with Crippen molar-refractivity contribution in [3.8, 4) is 0 Å². The van der Waals surface area contributed by atoms with E-state index in [1.165, 1.54) is 25.7 Å². The molecule has 20 heavy (non-hydrogen) atoms. The quantitative estimate of drug-likeness (QED) is 0.924. The van der Waals surface area contributed by atoms with Crippen LogP contribution in [-0.4, -0.2) is 35.0 Å². The van der Waals surface area contributed by atoms with E-state index in [4.69, 9.17) is 0 Å². The largest absolute Gasteiger partial charge is 0.353 e. The molecule has 2 aliphatic rings. The summed E-state index contributed by atoms with van der Waals surface area (Å²) in [6, 6.07) is 0.496. The Kier molecular flexibility index (Phi) is 3.75. The lowest BCUT2D eigenvalue weighted by molar-refractivity contribution is 0.565. The lowest BCUT2D eigenvalue weighted by Gasteiger charge is -2.16. The van der Waals surface area contributed by atoms with Gasteiger partial charge < -0.3 is 9.88 Å². The maximum absolute atomic E-state index is 12.0. The Balaban J connectivity index is 1.75. The zero-order valence-corrected chi connectivity index (χ0v) is 12.8. The van der Waals surface area contributed by atoms with Crippen molar-refractivity contribution in [3.63, 3.8) is 0 Å². The number of nitrogens with one attached hydrogen (secondary N) is 1. The van der Waals surface area contributed by atoms with Gasteiger partial charge in [0, 0.05) is 18.8 Å². The van der Waals surface area contributed by atoms with Crippen LogP contribution in [0, 0.1) is 6.92 Å². The third-order valence-electron chi connectivity index (χ3n) is 4.45. The normalized spacial score (nSPS) is 26.1. The van der Waals surface area contributed by atoms with Crippen LogP contribution in [0.2, 0.25) is 0 Å². The van der Waals surface area contributed by atoms with E-state index in [1.54, 1.807) is 0 Å². The molecular formula is C14H23N3O2S. The van der Waals surface area contributed by atoms with Gasteiger partial charge in [0.25, 0.3) is 0 Å². The maximum Gasteiger partial charge on any atom is 0.203 e. The molecule has 0 spiro atoms. The molecule has 1 aromatic heterocycles. The Bertz CT molecular complexity index is 573. The van der Waals surface area contributed by atoms with Gasteiger partial charge in [0.1, 0.15) is 0 Å². The summed E-state index contributed by atoms with van der Waals surface area (Å²) in [5, 5.41) is 3.25. The Labute approximate surface area is 120 Å². The van der Waals surface area contributed by atoms with Crippen molar-refractivity contribution < 1.29 is 8.42 Å². The second kappa shape index (κ2) is 5.39. The standard InChI is InChI=1S/C14H23N3O2S/c1-11-9-17(10-13-7-4-8-20(13,18)19)14(15-11)16-12-5-2-3-6-12/h9,12-13H,2-8,10H2,1H3,(H,15,16). The van der Waals surface area contributed by atoms with Gasteiger partial charge in [-0.2, -0.15) is 0 Å². The highest BCUT2D eigenvalue weighted by molar-refractivity contribution is 7.92. The summed E-state index contributed by atoms with van der Waals surface area (Å²) in [6.07, 6.45) is 8.46. The summed E-state index contributed by atoms with van der Waals surface area (Å²) < 4.78 is 26.0. The Hall–Kier alpha value is -1.04. The van der Waals surface area contributed by atoms with Crippen molar-refractivity contribution in [2.75, 3.05) is 11.1 Å². The number of nitrogens with zero attached hydrogens (tertiary/aromatic N) is 2. The molecule has 1 N–H and O–H groups in total. The third-order valence-corrected chi connectivity index (χ3v) is 6.71. The van der Waals surface area contributed by atoms with Crippen molar-refractivity contribution in [2.24, 2.45) is 0 Å². The second-order valence-corrected chi connectivity index (χ2v) is 8.52. The molecule has 0 aromatic carbocycles. The number of imidazole rings is 1. The van der Waals surface area contributed by atoms with Gasteiger partial charge in [-0.3, -0.25) is 0 Å². The average Bonchev–Trinajstić information content (AvgIpc) is 3.05. The molecule has 1 atom stereocenters. The number of anilines is 1. The summed E-state index contributed by atoms with van der Waals surface area (Å²) in [6.45, 7) is 2.50. The van der Waals surface area contributed by atoms with Gasteiger partial charge in [0.15, 0.2) is 9.84 Å². The van der Waals surface area contributed by atoms with Gasteiger partial charge in [0.2, 0.25) is 5.95 Å². The summed E-state index contributed by atoms with van der Waals surface area (Å²) in [7, 11) is -2.90. The van der Waals surface area contributed by atoms with Crippen LogP contribution in [0.15, 0.2) is 6.20 Å². The third kappa shape index (κ3) is 2.85. The van der Waals surface area contributed by atoms with Crippen molar-refractivity contribution in [2.45, 2.75) is 63.3 Å². The molecule has 2 fully saturated rings. The number of aromatic nitrogens is 2. The Morgan fingerprint density at radius 2 is 2.05 bits per heavy atom. The summed E-state index contributed by atoms with van der Waals surface area (Å²) >= 11 is 0. The molecular weight excluding hydrogens is 274 g/mol. The van der Waals surface area contributed by atoms with Crippen LogP contribution >= 0.6 is 0 Å². The molecule has 2 heterocycles. The first-order valence-electron chi connectivity index (χ1n) is 7.56.